The topological polar surface area (TPSA) is 79.0 Å². The number of amides is 1. The van der Waals surface area contributed by atoms with Gasteiger partial charge in [0.05, 0.1) is 13.2 Å². The molecule has 7 nitrogen and oxygen atoms in total. The lowest BCUT2D eigenvalue weighted by molar-refractivity contribution is -0.126. The smallest absolute Gasteiger partial charge is 0.282 e. The van der Waals surface area contributed by atoms with Crippen LogP contribution in [-0.4, -0.2) is 68.4 Å². The van der Waals surface area contributed by atoms with Gasteiger partial charge >= 0.3 is 0 Å². The summed E-state index contributed by atoms with van der Waals surface area (Å²) < 4.78 is 32.8. The molecule has 0 radical (unpaired) electrons. The molecule has 2 aliphatic heterocycles. The van der Waals surface area contributed by atoms with Crippen molar-refractivity contribution in [2.24, 2.45) is 0 Å². The molecule has 2 rings (SSSR count). The van der Waals surface area contributed by atoms with Crippen LogP contribution in [0.5, 0.6) is 0 Å². The summed E-state index contributed by atoms with van der Waals surface area (Å²) in [5.41, 5.74) is 0. The third-order valence-corrected chi connectivity index (χ3v) is 5.31. The Labute approximate surface area is 107 Å². The molecule has 8 heteroatoms. The molecule has 0 aromatic carbocycles. The summed E-state index contributed by atoms with van der Waals surface area (Å²) in [6, 6.07) is -0.591. The molecule has 0 saturated carbocycles. The number of hydrogen-bond acceptors (Lipinski definition) is 4. The molecule has 1 N–H and O–H groups in total. The Balaban J connectivity index is 2.19. The highest BCUT2D eigenvalue weighted by molar-refractivity contribution is 7.86. The van der Waals surface area contributed by atoms with Gasteiger partial charge in [0.2, 0.25) is 5.91 Å². The van der Waals surface area contributed by atoms with E-state index in [4.69, 9.17) is 4.74 Å². The van der Waals surface area contributed by atoms with E-state index in [1.165, 1.54) is 8.61 Å². The molecule has 0 bridgehead atoms. The fourth-order valence-electron chi connectivity index (χ4n) is 2.28. The summed E-state index contributed by atoms with van der Waals surface area (Å²) >= 11 is 0. The van der Waals surface area contributed by atoms with Crippen molar-refractivity contribution in [3.8, 4) is 0 Å². The zero-order valence-corrected chi connectivity index (χ0v) is 11.3. The number of nitrogens with zero attached hydrogens (tertiary/aromatic N) is 2. The summed E-state index contributed by atoms with van der Waals surface area (Å²) in [5, 5.41) is 2.70. The summed E-state index contributed by atoms with van der Waals surface area (Å²) in [7, 11) is -3.55. The standard InChI is InChI=1S/C10H19N3O4S/c1-2-9-10(14)11-3-4-13(9)18(15,16)12-5-7-17-8-6-12/h9H,2-8H2,1H3,(H,11,14). The molecule has 0 aromatic heterocycles. The number of piperazine rings is 1. The van der Waals surface area contributed by atoms with Crippen LogP contribution < -0.4 is 5.32 Å². The van der Waals surface area contributed by atoms with Crippen LogP contribution >= 0.6 is 0 Å². The van der Waals surface area contributed by atoms with Gasteiger partial charge in [-0.05, 0) is 6.42 Å². The van der Waals surface area contributed by atoms with Gasteiger partial charge in [-0.3, -0.25) is 4.79 Å². The van der Waals surface area contributed by atoms with Crippen LogP contribution in [0.25, 0.3) is 0 Å². The van der Waals surface area contributed by atoms with E-state index in [2.05, 4.69) is 5.32 Å². The van der Waals surface area contributed by atoms with E-state index in [1.807, 2.05) is 6.92 Å². The largest absolute Gasteiger partial charge is 0.379 e. The number of carbonyl (C=O) groups excluding carboxylic acids is 1. The van der Waals surface area contributed by atoms with Crippen molar-refractivity contribution < 1.29 is 17.9 Å². The number of hydrogen-bond donors (Lipinski definition) is 1. The van der Waals surface area contributed by atoms with Gasteiger partial charge in [0.25, 0.3) is 10.2 Å². The van der Waals surface area contributed by atoms with Gasteiger partial charge in [-0.25, -0.2) is 0 Å². The van der Waals surface area contributed by atoms with Crippen LogP contribution in [0.4, 0.5) is 0 Å². The Hall–Kier alpha value is -0.700. The maximum absolute atomic E-state index is 12.5. The predicted octanol–water partition coefficient (Wildman–Crippen LogP) is -1.23. The number of ether oxygens (including phenoxy) is 1. The Morgan fingerprint density at radius 1 is 1.33 bits per heavy atom. The van der Waals surface area contributed by atoms with Gasteiger partial charge in [0.15, 0.2) is 0 Å². The normalized spacial score (nSPS) is 28.1. The van der Waals surface area contributed by atoms with Crippen molar-refractivity contribution in [2.75, 3.05) is 39.4 Å². The van der Waals surface area contributed by atoms with E-state index in [0.29, 0.717) is 45.8 Å². The van der Waals surface area contributed by atoms with Gasteiger partial charge in [-0.2, -0.15) is 17.0 Å². The fraction of sp³-hybridized carbons (Fsp3) is 0.900. The second kappa shape index (κ2) is 5.52. The maximum atomic E-state index is 12.5. The van der Waals surface area contributed by atoms with Gasteiger partial charge < -0.3 is 10.1 Å². The number of carbonyl (C=O) groups is 1. The van der Waals surface area contributed by atoms with Gasteiger partial charge in [0, 0.05) is 26.2 Å². The minimum atomic E-state index is -3.55. The van der Waals surface area contributed by atoms with E-state index in [-0.39, 0.29) is 5.91 Å². The monoisotopic (exact) mass is 277 g/mol. The summed E-state index contributed by atoms with van der Waals surface area (Å²) in [6.45, 7) is 4.07. The van der Waals surface area contributed by atoms with E-state index in [0.717, 1.165) is 0 Å². The first-order valence-electron chi connectivity index (χ1n) is 6.19. The molecule has 2 saturated heterocycles. The third-order valence-electron chi connectivity index (χ3n) is 3.26. The summed E-state index contributed by atoms with van der Waals surface area (Å²) in [6.07, 6.45) is 0.482. The predicted molar refractivity (Wildman–Crippen MR) is 65.1 cm³/mol. The average Bonchev–Trinajstić information content (AvgIpc) is 2.39. The quantitative estimate of drug-likeness (QED) is 0.701. The fourth-order valence-corrected chi connectivity index (χ4v) is 4.08. The molecule has 104 valence electrons. The molecule has 0 spiro atoms. The highest BCUT2D eigenvalue weighted by Gasteiger charge is 2.39. The number of nitrogens with one attached hydrogen (secondary N) is 1. The molecule has 18 heavy (non-hydrogen) atoms. The van der Waals surface area contributed by atoms with Crippen LogP contribution in [0.3, 0.4) is 0 Å². The van der Waals surface area contributed by atoms with Crippen molar-refractivity contribution in [1.82, 2.24) is 13.9 Å². The molecular formula is C10H19N3O4S. The molecular weight excluding hydrogens is 258 g/mol. The second-order valence-electron chi connectivity index (χ2n) is 4.34. The summed E-state index contributed by atoms with van der Waals surface area (Å²) in [4.78, 5) is 11.7. The van der Waals surface area contributed by atoms with E-state index < -0.39 is 16.3 Å². The van der Waals surface area contributed by atoms with Gasteiger partial charge in [-0.15, -0.1) is 0 Å². The molecule has 0 aliphatic carbocycles. The van der Waals surface area contributed by atoms with Crippen molar-refractivity contribution in [3.63, 3.8) is 0 Å². The van der Waals surface area contributed by atoms with E-state index in [9.17, 15) is 13.2 Å². The van der Waals surface area contributed by atoms with Gasteiger partial charge in [-0.1, -0.05) is 6.92 Å². The minimum Gasteiger partial charge on any atom is -0.379 e. The first-order chi connectivity index (χ1) is 8.57. The first kappa shape index (κ1) is 13.7. The highest BCUT2D eigenvalue weighted by atomic mass is 32.2. The highest BCUT2D eigenvalue weighted by Crippen LogP contribution is 2.18. The lowest BCUT2D eigenvalue weighted by Gasteiger charge is -2.38. The third kappa shape index (κ3) is 2.51. The lowest BCUT2D eigenvalue weighted by atomic mass is 10.2. The van der Waals surface area contributed by atoms with Crippen LogP contribution in [0.2, 0.25) is 0 Å². The Morgan fingerprint density at radius 2 is 2.00 bits per heavy atom. The van der Waals surface area contributed by atoms with Crippen molar-refractivity contribution in [3.05, 3.63) is 0 Å². The van der Waals surface area contributed by atoms with Crippen LogP contribution in [0.1, 0.15) is 13.3 Å². The number of rotatable bonds is 3. The lowest BCUT2D eigenvalue weighted by Crippen LogP contribution is -2.60. The average molecular weight is 277 g/mol. The Kier molecular flexibility index (Phi) is 4.21. The molecule has 2 fully saturated rings. The summed E-state index contributed by atoms with van der Waals surface area (Å²) in [5.74, 6) is -0.208. The second-order valence-corrected chi connectivity index (χ2v) is 6.23. The Bertz CT molecular complexity index is 405. The first-order valence-corrected chi connectivity index (χ1v) is 7.59. The molecule has 1 unspecified atom stereocenters. The van der Waals surface area contributed by atoms with Crippen LogP contribution in [0.15, 0.2) is 0 Å². The van der Waals surface area contributed by atoms with E-state index >= 15 is 0 Å². The van der Waals surface area contributed by atoms with Crippen molar-refractivity contribution >= 4 is 16.1 Å². The van der Waals surface area contributed by atoms with Crippen LogP contribution in [0, 0.1) is 0 Å². The van der Waals surface area contributed by atoms with Crippen molar-refractivity contribution in [1.29, 1.82) is 0 Å². The molecule has 1 amide bonds. The Morgan fingerprint density at radius 3 is 2.61 bits per heavy atom. The number of morpholine rings is 1. The minimum absolute atomic E-state index is 0.208. The molecule has 0 aromatic rings. The SMILES string of the molecule is CCC1C(=O)NCCN1S(=O)(=O)N1CCOCC1. The van der Waals surface area contributed by atoms with Gasteiger partial charge in [0.1, 0.15) is 6.04 Å². The zero-order valence-electron chi connectivity index (χ0n) is 10.5. The van der Waals surface area contributed by atoms with Crippen LogP contribution in [-0.2, 0) is 19.7 Å². The maximum Gasteiger partial charge on any atom is 0.282 e. The molecule has 2 heterocycles. The molecule has 2 aliphatic rings. The van der Waals surface area contributed by atoms with Crippen molar-refractivity contribution in [2.45, 2.75) is 19.4 Å². The molecule has 1 atom stereocenters. The van der Waals surface area contributed by atoms with E-state index in [1.54, 1.807) is 0 Å². The zero-order chi connectivity index (χ0) is 13.2.